The maximum atomic E-state index is 10.7. The number of hydrogen-bond donors (Lipinski definition) is 0. The standard InChI is InChI=1S/C13H22O3/c1-16-13(15)11-9-7-5-3-2-4-6-8-10-12-14/h9,11-12H,2-8,10H2,1H3/b11-9+. The second-order valence-corrected chi connectivity index (χ2v) is 3.79. The number of allylic oxidation sites excluding steroid dienone is 1. The lowest BCUT2D eigenvalue weighted by Gasteiger charge is -1.98. The first kappa shape index (κ1) is 14.9. The van der Waals surface area contributed by atoms with Gasteiger partial charge in [-0.2, -0.15) is 0 Å². The molecule has 0 amide bonds. The van der Waals surface area contributed by atoms with Crippen LogP contribution in [0.15, 0.2) is 12.2 Å². The van der Waals surface area contributed by atoms with E-state index in [9.17, 15) is 9.59 Å². The summed E-state index contributed by atoms with van der Waals surface area (Å²) in [5, 5.41) is 0. The Balaban J connectivity index is 3.12. The third-order valence-corrected chi connectivity index (χ3v) is 2.40. The van der Waals surface area contributed by atoms with E-state index in [0.29, 0.717) is 6.42 Å². The fourth-order valence-corrected chi connectivity index (χ4v) is 1.44. The number of methoxy groups -OCH3 is 1. The van der Waals surface area contributed by atoms with Crippen LogP contribution in [-0.2, 0) is 14.3 Å². The van der Waals surface area contributed by atoms with Gasteiger partial charge in [-0.1, -0.05) is 31.8 Å². The van der Waals surface area contributed by atoms with Crippen LogP contribution in [0.2, 0.25) is 0 Å². The molecule has 0 aliphatic heterocycles. The Hall–Kier alpha value is -1.12. The third kappa shape index (κ3) is 11.0. The van der Waals surface area contributed by atoms with Gasteiger partial charge in [-0.25, -0.2) is 4.79 Å². The summed E-state index contributed by atoms with van der Waals surface area (Å²) in [5.74, 6) is -0.283. The highest BCUT2D eigenvalue weighted by molar-refractivity contribution is 5.81. The maximum Gasteiger partial charge on any atom is 0.330 e. The van der Waals surface area contributed by atoms with Crippen LogP contribution in [0.25, 0.3) is 0 Å². The third-order valence-electron chi connectivity index (χ3n) is 2.40. The van der Waals surface area contributed by atoms with Gasteiger partial charge in [0.05, 0.1) is 7.11 Å². The van der Waals surface area contributed by atoms with Gasteiger partial charge in [0.2, 0.25) is 0 Å². The SMILES string of the molecule is COC(=O)/C=C/CCCCCCCCC=O. The highest BCUT2D eigenvalue weighted by atomic mass is 16.5. The molecule has 16 heavy (non-hydrogen) atoms. The van der Waals surface area contributed by atoms with Gasteiger partial charge in [0.1, 0.15) is 6.29 Å². The van der Waals surface area contributed by atoms with E-state index in [0.717, 1.165) is 32.0 Å². The molecule has 0 radical (unpaired) electrons. The van der Waals surface area contributed by atoms with Gasteiger partial charge in [-0.15, -0.1) is 0 Å². The normalized spacial score (nSPS) is 10.6. The average Bonchev–Trinajstić information content (AvgIpc) is 2.31. The van der Waals surface area contributed by atoms with E-state index in [1.807, 2.05) is 6.08 Å². The van der Waals surface area contributed by atoms with Crippen molar-refractivity contribution in [3.05, 3.63) is 12.2 Å². The van der Waals surface area contributed by atoms with Crippen molar-refractivity contribution in [1.29, 1.82) is 0 Å². The van der Waals surface area contributed by atoms with Crippen molar-refractivity contribution >= 4 is 12.3 Å². The summed E-state index contributed by atoms with van der Waals surface area (Å²) >= 11 is 0. The molecular weight excluding hydrogens is 204 g/mol. The lowest BCUT2D eigenvalue weighted by Crippen LogP contribution is -1.93. The summed E-state index contributed by atoms with van der Waals surface area (Å²) in [6, 6.07) is 0. The van der Waals surface area contributed by atoms with Crippen LogP contribution < -0.4 is 0 Å². The lowest BCUT2D eigenvalue weighted by molar-refractivity contribution is -0.134. The Morgan fingerprint density at radius 2 is 1.56 bits per heavy atom. The predicted molar refractivity (Wildman–Crippen MR) is 64.2 cm³/mol. The van der Waals surface area contributed by atoms with Gasteiger partial charge in [0.15, 0.2) is 0 Å². The van der Waals surface area contributed by atoms with Crippen molar-refractivity contribution < 1.29 is 14.3 Å². The Kier molecular flexibility index (Phi) is 11.1. The Bertz CT molecular complexity index is 209. The molecule has 0 spiro atoms. The highest BCUT2D eigenvalue weighted by Crippen LogP contribution is 2.08. The molecule has 0 unspecified atom stereocenters. The summed E-state index contributed by atoms with van der Waals surface area (Å²) in [6.07, 6.45) is 12.8. The van der Waals surface area contributed by atoms with E-state index in [2.05, 4.69) is 4.74 Å². The zero-order chi connectivity index (χ0) is 12.1. The van der Waals surface area contributed by atoms with Crippen LogP contribution in [0.1, 0.15) is 51.4 Å². The lowest BCUT2D eigenvalue weighted by atomic mass is 10.1. The molecule has 0 atom stereocenters. The summed E-state index contributed by atoms with van der Waals surface area (Å²) in [6.45, 7) is 0. The quantitative estimate of drug-likeness (QED) is 0.249. The number of carbonyl (C=O) groups is 2. The van der Waals surface area contributed by atoms with E-state index in [4.69, 9.17) is 0 Å². The molecule has 0 aromatic rings. The van der Waals surface area contributed by atoms with Crippen LogP contribution in [0.3, 0.4) is 0 Å². The number of aldehydes is 1. The molecule has 0 saturated heterocycles. The molecule has 0 N–H and O–H groups in total. The largest absolute Gasteiger partial charge is 0.466 e. The predicted octanol–water partition coefficient (Wildman–Crippen LogP) is 3.04. The first-order valence-corrected chi connectivity index (χ1v) is 5.99. The van der Waals surface area contributed by atoms with Crippen LogP contribution in [0.5, 0.6) is 0 Å². The Labute approximate surface area is 97.9 Å². The average molecular weight is 226 g/mol. The van der Waals surface area contributed by atoms with E-state index < -0.39 is 0 Å². The molecule has 0 rings (SSSR count). The number of hydrogen-bond acceptors (Lipinski definition) is 3. The summed E-state index contributed by atoms with van der Waals surface area (Å²) in [4.78, 5) is 20.8. The first-order chi connectivity index (χ1) is 7.81. The van der Waals surface area contributed by atoms with Crippen molar-refractivity contribution in [3.8, 4) is 0 Å². The van der Waals surface area contributed by atoms with Crippen molar-refractivity contribution in [2.45, 2.75) is 51.4 Å². The van der Waals surface area contributed by atoms with Crippen molar-refractivity contribution in [2.24, 2.45) is 0 Å². The van der Waals surface area contributed by atoms with Crippen molar-refractivity contribution in [1.82, 2.24) is 0 Å². The van der Waals surface area contributed by atoms with Crippen LogP contribution in [0, 0.1) is 0 Å². The second-order valence-electron chi connectivity index (χ2n) is 3.79. The molecule has 3 heteroatoms. The number of esters is 1. The van der Waals surface area contributed by atoms with E-state index in [1.165, 1.54) is 32.4 Å². The Morgan fingerprint density at radius 1 is 1.00 bits per heavy atom. The number of unbranched alkanes of at least 4 members (excludes halogenated alkanes) is 7. The van der Waals surface area contributed by atoms with E-state index >= 15 is 0 Å². The monoisotopic (exact) mass is 226 g/mol. The highest BCUT2D eigenvalue weighted by Gasteiger charge is 1.92. The summed E-state index contributed by atoms with van der Waals surface area (Å²) in [5.41, 5.74) is 0. The van der Waals surface area contributed by atoms with Gasteiger partial charge in [-0.3, -0.25) is 0 Å². The molecule has 3 nitrogen and oxygen atoms in total. The molecule has 0 fully saturated rings. The molecule has 92 valence electrons. The van der Waals surface area contributed by atoms with Gasteiger partial charge in [0.25, 0.3) is 0 Å². The molecular formula is C13H22O3. The van der Waals surface area contributed by atoms with Crippen LogP contribution >= 0.6 is 0 Å². The molecule has 0 saturated carbocycles. The minimum Gasteiger partial charge on any atom is -0.466 e. The zero-order valence-electron chi connectivity index (χ0n) is 10.1. The second kappa shape index (κ2) is 12.0. The molecule has 0 heterocycles. The van der Waals surface area contributed by atoms with Gasteiger partial charge in [0, 0.05) is 12.5 Å². The van der Waals surface area contributed by atoms with Crippen LogP contribution in [0.4, 0.5) is 0 Å². The van der Waals surface area contributed by atoms with Gasteiger partial charge in [-0.05, 0) is 19.3 Å². The van der Waals surface area contributed by atoms with Crippen LogP contribution in [-0.4, -0.2) is 19.4 Å². The van der Waals surface area contributed by atoms with Crippen molar-refractivity contribution in [2.75, 3.05) is 7.11 Å². The van der Waals surface area contributed by atoms with E-state index in [-0.39, 0.29) is 5.97 Å². The van der Waals surface area contributed by atoms with Crippen molar-refractivity contribution in [3.63, 3.8) is 0 Å². The minimum atomic E-state index is -0.283. The maximum absolute atomic E-state index is 10.7. The number of rotatable bonds is 10. The Morgan fingerprint density at radius 3 is 2.12 bits per heavy atom. The van der Waals surface area contributed by atoms with Gasteiger partial charge < -0.3 is 9.53 Å². The number of ether oxygens (including phenoxy) is 1. The summed E-state index contributed by atoms with van der Waals surface area (Å²) < 4.78 is 4.48. The van der Waals surface area contributed by atoms with Gasteiger partial charge >= 0.3 is 5.97 Å². The topological polar surface area (TPSA) is 43.4 Å². The molecule has 0 bridgehead atoms. The first-order valence-electron chi connectivity index (χ1n) is 5.99. The summed E-state index contributed by atoms with van der Waals surface area (Å²) in [7, 11) is 1.38. The molecule has 0 aliphatic carbocycles. The fraction of sp³-hybridized carbons (Fsp3) is 0.692. The fourth-order valence-electron chi connectivity index (χ4n) is 1.44. The molecule has 0 aromatic heterocycles. The zero-order valence-corrected chi connectivity index (χ0v) is 10.1. The minimum absolute atomic E-state index is 0.283. The smallest absolute Gasteiger partial charge is 0.330 e. The molecule has 0 aliphatic rings. The number of carbonyl (C=O) groups excluding carboxylic acids is 2. The van der Waals surface area contributed by atoms with E-state index in [1.54, 1.807) is 0 Å². The molecule has 0 aromatic carbocycles.